The fourth-order valence-corrected chi connectivity index (χ4v) is 2.48. The van der Waals surface area contributed by atoms with Crippen LogP contribution in [0.2, 0.25) is 0 Å². The summed E-state index contributed by atoms with van der Waals surface area (Å²) in [5, 5.41) is 2.79. The van der Waals surface area contributed by atoms with Crippen LogP contribution in [0.1, 0.15) is 27.6 Å². The zero-order chi connectivity index (χ0) is 17.5. The van der Waals surface area contributed by atoms with E-state index in [0.29, 0.717) is 40.3 Å². The summed E-state index contributed by atoms with van der Waals surface area (Å²) in [5.41, 5.74) is 1.73. The lowest BCUT2D eigenvalue weighted by Crippen LogP contribution is -2.12. The standard InChI is InChI=1S/C18H18BrNO4/c1-12(21)13-3-6-15(7-4-13)20-18(22)14-5-8-17(16(19)11-14)24-10-9-23-2/h3-8,11H,9-10H2,1-2H3,(H,20,22). The van der Waals surface area contributed by atoms with E-state index in [0.717, 1.165) is 0 Å². The Hall–Kier alpha value is -2.18. The Bertz CT molecular complexity index is 728. The molecular formula is C18H18BrNO4. The van der Waals surface area contributed by atoms with Crippen LogP contribution in [0.15, 0.2) is 46.9 Å². The van der Waals surface area contributed by atoms with Crippen molar-refractivity contribution in [2.24, 2.45) is 0 Å². The van der Waals surface area contributed by atoms with Crippen LogP contribution in [0.3, 0.4) is 0 Å². The number of ketones is 1. The third-order valence-corrected chi connectivity index (χ3v) is 3.91. The summed E-state index contributed by atoms with van der Waals surface area (Å²) in [6.07, 6.45) is 0. The molecule has 0 aliphatic heterocycles. The minimum absolute atomic E-state index is 0.0131. The molecule has 0 heterocycles. The quantitative estimate of drug-likeness (QED) is 0.573. The SMILES string of the molecule is COCCOc1ccc(C(=O)Nc2ccc(C(C)=O)cc2)cc1Br. The van der Waals surface area contributed by atoms with E-state index in [2.05, 4.69) is 21.2 Å². The lowest BCUT2D eigenvalue weighted by atomic mass is 10.1. The first kappa shape index (κ1) is 18.2. The Morgan fingerprint density at radius 2 is 1.71 bits per heavy atom. The van der Waals surface area contributed by atoms with Crippen molar-refractivity contribution in [3.05, 3.63) is 58.1 Å². The minimum atomic E-state index is -0.241. The van der Waals surface area contributed by atoms with Crippen molar-refractivity contribution >= 4 is 33.3 Å². The summed E-state index contributed by atoms with van der Waals surface area (Å²) >= 11 is 3.40. The van der Waals surface area contributed by atoms with E-state index in [4.69, 9.17) is 9.47 Å². The third kappa shape index (κ3) is 4.91. The monoisotopic (exact) mass is 391 g/mol. The number of methoxy groups -OCH3 is 1. The van der Waals surface area contributed by atoms with Crippen molar-refractivity contribution in [3.8, 4) is 5.75 Å². The average Bonchev–Trinajstić information content (AvgIpc) is 2.57. The molecule has 5 nitrogen and oxygen atoms in total. The van der Waals surface area contributed by atoms with E-state index in [9.17, 15) is 9.59 Å². The lowest BCUT2D eigenvalue weighted by molar-refractivity contribution is 0.101. The van der Waals surface area contributed by atoms with Crippen molar-refractivity contribution in [1.29, 1.82) is 0 Å². The van der Waals surface area contributed by atoms with Crippen LogP contribution < -0.4 is 10.1 Å². The molecule has 0 aliphatic rings. The Kier molecular flexibility index (Phi) is 6.52. The maximum absolute atomic E-state index is 12.3. The number of carbonyl (C=O) groups excluding carboxylic acids is 2. The number of Topliss-reactive ketones (excluding diaryl/α,β-unsaturated/α-hetero) is 1. The van der Waals surface area contributed by atoms with Crippen LogP contribution in [-0.4, -0.2) is 32.0 Å². The van der Waals surface area contributed by atoms with E-state index < -0.39 is 0 Å². The van der Waals surface area contributed by atoms with Gasteiger partial charge in [-0.25, -0.2) is 0 Å². The van der Waals surface area contributed by atoms with Gasteiger partial charge in [-0.2, -0.15) is 0 Å². The summed E-state index contributed by atoms with van der Waals surface area (Å²) in [6, 6.07) is 11.9. The molecule has 0 spiro atoms. The van der Waals surface area contributed by atoms with Gasteiger partial charge < -0.3 is 14.8 Å². The van der Waals surface area contributed by atoms with E-state index in [1.54, 1.807) is 49.6 Å². The summed E-state index contributed by atoms with van der Waals surface area (Å²) in [7, 11) is 1.61. The number of nitrogens with one attached hydrogen (secondary N) is 1. The first-order valence-corrected chi connectivity index (χ1v) is 8.14. The molecule has 1 amide bonds. The van der Waals surface area contributed by atoms with Crippen LogP contribution in [0, 0.1) is 0 Å². The number of hydrogen-bond donors (Lipinski definition) is 1. The molecule has 0 aromatic heterocycles. The van der Waals surface area contributed by atoms with Crippen LogP contribution in [0.25, 0.3) is 0 Å². The molecule has 0 saturated carbocycles. The lowest BCUT2D eigenvalue weighted by Gasteiger charge is -2.10. The highest BCUT2D eigenvalue weighted by molar-refractivity contribution is 9.10. The highest BCUT2D eigenvalue weighted by Crippen LogP contribution is 2.26. The maximum Gasteiger partial charge on any atom is 0.255 e. The zero-order valence-electron chi connectivity index (χ0n) is 13.5. The molecule has 0 bridgehead atoms. The van der Waals surface area contributed by atoms with Crippen molar-refractivity contribution in [3.63, 3.8) is 0 Å². The van der Waals surface area contributed by atoms with Gasteiger partial charge in [-0.05, 0) is 65.3 Å². The van der Waals surface area contributed by atoms with Gasteiger partial charge in [-0.1, -0.05) is 0 Å². The van der Waals surface area contributed by atoms with Crippen molar-refractivity contribution < 1.29 is 19.1 Å². The predicted octanol–water partition coefficient (Wildman–Crippen LogP) is 3.93. The van der Waals surface area contributed by atoms with Gasteiger partial charge in [0.25, 0.3) is 5.91 Å². The van der Waals surface area contributed by atoms with Gasteiger partial charge in [0, 0.05) is 23.9 Å². The van der Waals surface area contributed by atoms with Crippen LogP contribution in [0.5, 0.6) is 5.75 Å². The smallest absolute Gasteiger partial charge is 0.255 e. The fraction of sp³-hybridized carbons (Fsp3) is 0.222. The Morgan fingerprint density at radius 1 is 1.04 bits per heavy atom. The first-order chi connectivity index (χ1) is 11.5. The van der Waals surface area contributed by atoms with Gasteiger partial charge in [0.15, 0.2) is 5.78 Å². The Labute approximate surface area is 149 Å². The molecule has 6 heteroatoms. The Morgan fingerprint density at radius 3 is 2.29 bits per heavy atom. The number of ether oxygens (including phenoxy) is 2. The van der Waals surface area contributed by atoms with Gasteiger partial charge >= 0.3 is 0 Å². The molecule has 0 fully saturated rings. The molecule has 0 atom stereocenters. The van der Waals surface area contributed by atoms with Crippen molar-refractivity contribution in [1.82, 2.24) is 0 Å². The van der Waals surface area contributed by atoms with E-state index in [1.165, 1.54) is 6.92 Å². The Balaban J connectivity index is 2.04. The molecule has 24 heavy (non-hydrogen) atoms. The molecule has 0 saturated heterocycles. The number of rotatable bonds is 7. The molecule has 0 aliphatic carbocycles. The average molecular weight is 392 g/mol. The summed E-state index contributed by atoms with van der Waals surface area (Å²) in [6.45, 7) is 2.43. The van der Waals surface area contributed by atoms with Gasteiger partial charge in [0.05, 0.1) is 11.1 Å². The van der Waals surface area contributed by atoms with Gasteiger partial charge in [-0.15, -0.1) is 0 Å². The van der Waals surface area contributed by atoms with Gasteiger partial charge in [-0.3, -0.25) is 9.59 Å². The van der Waals surface area contributed by atoms with Crippen LogP contribution >= 0.6 is 15.9 Å². The summed E-state index contributed by atoms with van der Waals surface area (Å²) in [4.78, 5) is 23.5. The first-order valence-electron chi connectivity index (χ1n) is 7.35. The van der Waals surface area contributed by atoms with Crippen LogP contribution in [0.4, 0.5) is 5.69 Å². The second-order valence-corrected chi connectivity index (χ2v) is 5.93. The minimum Gasteiger partial charge on any atom is -0.490 e. The molecule has 2 aromatic rings. The molecular weight excluding hydrogens is 374 g/mol. The maximum atomic E-state index is 12.3. The third-order valence-electron chi connectivity index (χ3n) is 3.29. The zero-order valence-corrected chi connectivity index (χ0v) is 15.1. The number of halogens is 1. The molecule has 2 rings (SSSR count). The predicted molar refractivity (Wildman–Crippen MR) is 95.9 cm³/mol. The topological polar surface area (TPSA) is 64.6 Å². The van der Waals surface area contributed by atoms with Crippen molar-refractivity contribution in [2.75, 3.05) is 25.6 Å². The van der Waals surface area contributed by atoms with Crippen molar-refractivity contribution in [2.45, 2.75) is 6.92 Å². The van der Waals surface area contributed by atoms with E-state index in [1.807, 2.05) is 0 Å². The number of carbonyl (C=O) groups is 2. The van der Waals surface area contributed by atoms with Gasteiger partial charge in [0.2, 0.25) is 0 Å². The van der Waals surface area contributed by atoms with E-state index >= 15 is 0 Å². The fourth-order valence-electron chi connectivity index (χ4n) is 1.99. The summed E-state index contributed by atoms with van der Waals surface area (Å²) in [5.74, 6) is 0.394. The number of anilines is 1. The molecule has 0 radical (unpaired) electrons. The summed E-state index contributed by atoms with van der Waals surface area (Å²) < 4.78 is 11.2. The second kappa shape index (κ2) is 8.61. The molecule has 126 valence electrons. The van der Waals surface area contributed by atoms with Gasteiger partial charge in [0.1, 0.15) is 12.4 Å². The molecule has 2 aromatic carbocycles. The number of hydrogen-bond acceptors (Lipinski definition) is 4. The number of amides is 1. The number of benzene rings is 2. The van der Waals surface area contributed by atoms with Crippen LogP contribution in [-0.2, 0) is 4.74 Å². The highest BCUT2D eigenvalue weighted by Gasteiger charge is 2.10. The normalized spacial score (nSPS) is 10.3. The van der Waals surface area contributed by atoms with E-state index in [-0.39, 0.29) is 11.7 Å². The largest absolute Gasteiger partial charge is 0.490 e. The highest BCUT2D eigenvalue weighted by atomic mass is 79.9. The molecule has 0 unspecified atom stereocenters. The second-order valence-electron chi connectivity index (χ2n) is 5.07. The molecule has 1 N–H and O–H groups in total.